The lowest BCUT2D eigenvalue weighted by atomic mass is 10.2. The number of carbonyl (C=O) groups excluding carboxylic acids is 1. The van der Waals surface area contributed by atoms with Crippen LogP contribution in [0.1, 0.15) is 23.1 Å². The van der Waals surface area contributed by atoms with Crippen LogP contribution in [0.3, 0.4) is 0 Å². The Balaban J connectivity index is 1.64. The molecule has 0 saturated heterocycles. The molecule has 0 aliphatic rings. The van der Waals surface area contributed by atoms with E-state index in [2.05, 4.69) is 34.4 Å². The molecule has 26 heavy (non-hydrogen) atoms. The van der Waals surface area contributed by atoms with Gasteiger partial charge in [0.2, 0.25) is 0 Å². The second-order valence-corrected chi connectivity index (χ2v) is 6.42. The molecule has 3 aromatic rings. The van der Waals surface area contributed by atoms with Gasteiger partial charge in [-0.05, 0) is 44.2 Å². The van der Waals surface area contributed by atoms with Gasteiger partial charge >= 0.3 is 0 Å². The third-order valence-corrected chi connectivity index (χ3v) is 4.50. The minimum Gasteiger partial charge on any atom is -0.370 e. The van der Waals surface area contributed by atoms with Crippen LogP contribution >= 0.6 is 0 Å². The molecule has 1 unspecified atom stereocenters. The summed E-state index contributed by atoms with van der Waals surface area (Å²) in [4.78, 5) is 14.6. The van der Waals surface area contributed by atoms with Crippen molar-refractivity contribution < 1.29 is 4.79 Å². The minimum absolute atomic E-state index is 0.156. The van der Waals surface area contributed by atoms with Gasteiger partial charge in [0.1, 0.15) is 0 Å². The summed E-state index contributed by atoms with van der Waals surface area (Å²) in [7, 11) is 2.03. The lowest BCUT2D eigenvalue weighted by molar-refractivity contribution is 0.0946. The maximum absolute atomic E-state index is 12.5. The molecular formula is C21H24N4O. The summed E-state index contributed by atoms with van der Waals surface area (Å²) < 4.78 is 1.79. The molecule has 0 radical (unpaired) electrons. The largest absolute Gasteiger partial charge is 0.370 e. The number of rotatable bonds is 6. The number of aryl methyl sites for hydroxylation is 1. The molecule has 2 aromatic carbocycles. The molecule has 0 aliphatic carbocycles. The van der Waals surface area contributed by atoms with E-state index in [-0.39, 0.29) is 11.9 Å². The average molecular weight is 348 g/mol. The molecule has 0 bridgehead atoms. The highest BCUT2D eigenvalue weighted by Crippen LogP contribution is 2.14. The number of nitrogens with zero attached hydrogens (tertiary/aromatic N) is 3. The van der Waals surface area contributed by atoms with Gasteiger partial charge in [0, 0.05) is 31.0 Å². The monoisotopic (exact) mass is 348 g/mol. The quantitative estimate of drug-likeness (QED) is 0.742. The van der Waals surface area contributed by atoms with Crippen molar-refractivity contribution in [1.82, 2.24) is 15.1 Å². The highest BCUT2D eigenvalue weighted by Gasteiger charge is 2.15. The Hall–Kier alpha value is -3.08. The van der Waals surface area contributed by atoms with Crippen LogP contribution in [0, 0.1) is 6.92 Å². The Bertz CT molecular complexity index is 858. The maximum Gasteiger partial charge on any atom is 0.271 e. The molecule has 0 aliphatic heterocycles. The summed E-state index contributed by atoms with van der Waals surface area (Å²) in [6, 6.07) is 21.9. The first kappa shape index (κ1) is 17.7. The Morgan fingerprint density at radius 2 is 1.73 bits per heavy atom. The smallest absolute Gasteiger partial charge is 0.271 e. The fourth-order valence-electron chi connectivity index (χ4n) is 2.80. The van der Waals surface area contributed by atoms with E-state index >= 15 is 0 Å². The molecular weight excluding hydrogens is 324 g/mol. The third kappa shape index (κ3) is 3.94. The van der Waals surface area contributed by atoms with E-state index < -0.39 is 0 Å². The van der Waals surface area contributed by atoms with Crippen molar-refractivity contribution in [3.8, 4) is 5.69 Å². The van der Waals surface area contributed by atoms with Gasteiger partial charge in [-0.3, -0.25) is 4.79 Å². The normalized spacial score (nSPS) is 11.8. The predicted octanol–water partition coefficient (Wildman–Crippen LogP) is 3.44. The van der Waals surface area contributed by atoms with Crippen LogP contribution in [-0.4, -0.2) is 35.3 Å². The van der Waals surface area contributed by atoms with Crippen LogP contribution in [0.25, 0.3) is 5.69 Å². The Morgan fingerprint density at radius 3 is 2.38 bits per heavy atom. The summed E-state index contributed by atoms with van der Waals surface area (Å²) in [5.41, 5.74) is 3.43. The number of hydrogen-bond acceptors (Lipinski definition) is 3. The fraction of sp³-hybridized carbons (Fsp3) is 0.238. The SMILES string of the molecule is Cc1cc(C(=O)NCC(C)N(C)c2ccccc2)nn1-c1ccccc1. The number of amides is 1. The second kappa shape index (κ2) is 7.87. The number of carbonyl (C=O) groups is 1. The van der Waals surface area contributed by atoms with Gasteiger partial charge < -0.3 is 10.2 Å². The number of para-hydroxylation sites is 2. The van der Waals surface area contributed by atoms with Crippen molar-refractivity contribution in [1.29, 1.82) is 0 Å². The van der Waals surface area contributed by atoms with E-state index in [1.54, 1.807) is 4.68 Å². The van der Waals surface area contributed by atoms with Gasteiger partial charge in [0.15, 0.2) is 5.69 Å². The van der Waals surface area contributed by atoms with E-state index in [0.29, 0.717) is 12.2 Å². The number of likely N-dealkylation sites (N-methyl/N-ethyl adjacent to an activating group) is 1. The molecule has 1 N–H and O–H groups in total. The summed E-state index contributed by atoms with van der Waals surface area (Å²) in [5.74, 6) is -0.156. The van der Waals surface area contributed by atoms with Crippen LogP contribution < -0.4 is 10.2 Å². The first-order valence-corrected chi connectivity index (χ1v) is 8.74. The molecule has 1 aromatic heterocycles. The number of aromatic nitrogens is 2. The maximum atomic E-state index is 12.5. The van der Waals surface area contributed by atoms with Gasteiger partial charge in [0.25, 0.3) is 5.91 Å². The first-order chi connectivity index (χ1) is 12.6. The van der Waals surface area contributed by atoms with Crippen molar-refractivity contribution >= 4 is 11.6 Å². The molecule has 0 fully saturated rings. The van der Waals surface area contributed by atoms with Gasteiger partial charge in [-0.25, -0.2) is 4.68 Å². The third-order valence-electron chi connectivity index (χ3n) is 4.50. The van der Waals surface area contributed by atoms with Crippen LogP contribution in [0.15, 0.2) is 66.7 Å². The number of benzene rings is 2. The predicted molar refractivity (Wildman–Crippen MR) is 105 cm³/mol. The van der Waals surface area contributed by atoms with Crippen LogP contribution in [0.4, 0.5) is 5.69 Å². The second-order valence-electron chi connectivity index (χ2n) is 6.42. The molecule has 1 atom stereocenters. The standard InChI is InChI=1S/C21H24N4O/c1-16-14-20(23-25(16)19-12-8-5-9-13-19)21(26)22-15-17(2)24(3)18-10-6-4-7-11-18/h4-14,17H,15H2,1-3H3,(H,22,26). The highest BCUT2D eigenvalue weighted by molar-refractivity contribution is 5.92. The van der Waals surface area contributed by atoms with E-state index in [0.717, 1.165) is 17.1 Å². The number of anilines is 1. The molecule has 3 rings (SSSR count). The molecule has 1 heterocycles. The molecule has 134 valence electrons. The zero-order valence-electron chi connectivity index (χ0n) is 15.4. The summed E-state index contributed by atoms with van der Waals surface area (Å²) in [6.45, 7) is 4.57. The minimum atomic E-state index is -0.156. The zero-order chi connectivity index (χ0) is 18.5. The van der Waals surface area contributed by atoms with Gasteiger partial charge in [-0.1, -0.05) is 36.4 Å². The van der Waals surface area contributed by atoms with E-state index in [4.69, 9.17) is 0 Å². The van der Waals surface area contributed by atoms with Crippen LogP contribution in [0.2, 0.25) is 0 Å². The van der Waals surface area contributed by atoms with Crippen molar-refractivity contribution in [2.24, 2.45) is 0 Å². The fourth-order valence-corrected chi connectivity index (χ4v) is 2.80. The summed E-state index contributed by atoms with van der Waals surface area (Å²) in [5, 5.41) is 7.44. The van der Waals surface area contributed by atoms with E-state index in [1.807, 2.05) is 68.6 Å². The molecule has 5 nitrogen and oxygen atoms in total. The van der Waals surface area contributed by atoms with Crippen molar-refractivity contribution in [2.75, 3.05) is 18.5 Å². The topological polar surface area (TPSA) is 50.2 Å². The molecule has 0 spiro atoms. The zero-order valence-corrected chi connectivity index (χ0v) is 15.4. The van der Waals surface area contributed by atoms with Crippen molar-refractivity contribution in [3.05, 3.63) is 78.1 Å². The summed E-state index contributed by atoms with van der Waals surface area (Å²) in [6.07, 6.45) is 0. The number of nitrogens with one attached hydrogen (secondary N) is 1. The van der Waals surface area contributed by atoms with Crippen LogP contribution in [-0.2, 0) is 0 Å². The average Bonchev–Trinajstić information content (AvgIpc) is 3.08. The highest BCUT2D eigenvalue weighted by atomic mass is 16.1. The van der Waals surface area contributed by atoms with Gasteiger partial charge in [0.05, 0.1) is 5.69 Å². The Labute approximate surface area is 154 Å². The Kier molecular flexibility index (Phi) is 5.37. The molecule has 0 saturated carbocycles. The van der Waals surface area contributed by atoms with E-state index in [1.165, 1.54) is 0 Å². The van der Waals surface area contributed by atoms with Crippen LogP contribution in [0.5, 0.6) is 0 Å². The van der Waals surface area contributed by atoms with Gasteiger partial charge in [-0.15, -0.1) is 0 Å². The lowest BCUT2D eigenvalue weighted by Crippen LogP contribution is -2.40. The summed E-state index contributed by atoms with van der Waals surface area (Å²) >= 11 is 0. The molecule has 5 heteroatoms. The molecule has 1 amide bonds. The van der Waals surface area contributed by atoms with Gasteiger partial charge in [-0.2, -0.15) is 5.10 Å². The Morgan fingerprint density at radius 1 is 1.12 bits per heavy atom. The van der Waals surface area contributed by atoms with Crippen molar-refractivity contribution in [2.45, 2.75) is 19.9 Å². The number of hydrogen-bond donors (Lipinski definition) is 1. The lowest BCUT2D eigenvalue weighted by Gasteiger charge is -2.27. The first-order valence-electron chi connectivity index (χ1n) is 8.74. The van der Waals surface area contributed by atoms with E-state index in [9.17, 15) is 4.79 Å². The van der Waals surface area contributed by atoms with Crippen molar-refractivity contribution in [3.63, 3.8) is 0 Å².